The van der Waals surface area contributed by atoms with E-state index in [-0.39, 0.29) is 12.0 Å². The maximum absolute atomic E-state index is 13.1. The highest BCUT2D eigenvalue weighted by Gasteiger charge is 2.26. The molecule has 1 fully saturated rings. The summed E-state index contributed by atoms with van der Waals surface area (Å²) in [7, 11) is 3.16. The first-order chi connectivity index (χ1) is 17.5. The standard InChI is InChI=1S/C25H28N4O6S/c1-4-34-25(31)29-12-10-28(11-13-29)23(30)18-8-9-20(33-3)21(16-18)35-24-26-22(27-36-24)15-17-6-5-7-19(14-17)32-2/h5-9,14,16H,4,10-13,15H2,1-3H3. The van der Waals surface area contributed by atoms with Gasteiger partial charge in [0.25, 0.3) is 11.1 Å². The van der Waals surface area contributed by atoms with Gasteiger partial charge in [-0.2, -0.15) is 9.36 Å². The zero-order valence-electron chi connectivity index (χ0n) is 20.4. The Morgan fingerprint density at radius 3 is 2.47 bits per heavy atom. The second-order valence-electron chi connectivity index (χ2n) is 7.95. The van der Waals surface area contributed by atoms with E-state index in [0.717, 1.165) is 22.8 Å². The van der Waals surface area contributed by atoms with E-state index in [1.807, 2.05) is 24.3 Å². The van der Waals surface area contributed by atoms with Gasteiger partial charge in [0.15, 0.2) is 17.3 Å². The van der Waals surface area contributed by atoms with Crippen LogP contribution < -0.4 is 14.2 Å². The Kier molecular flexibility index (Phi) is 8.21. The Morgan fingerprint density at radius 1 is 0.972 bits per heavy atom. The number of rotatable bonds is 8. The molecule has 0 bridgehead atoms. The predicted octanol–water partition coefficient (Wildman–Crippen LogP) is 3.85. The number of methoxy groups -OCH3 is 2. The van der Waals surface area contributed by atoms with Gasteiger partial charge in [0.1, 0.15) is 5.75 Å². The highest BCUT2D eigenvalue weighted by molar-refractivity contribution is 7.07. The number of nitrogens with zero attached hydrogens (tertiary/aromatic N) is 4. The quantitative estimate of drug-likeness (QED) is 0.448. The molecule has 190 valence electrons. The van der Waals surface area contributed by atoms with Gasteiger partial charge in [-0.05, 0) is 42.8 Å². The van der Waals surface area contributed by atoms with Crippen LogP contribution in [-0.2, 0) is 11.2 Å². The Hall–Kier alpha value is -3.86. The molecule has 0 N–H and O–H groups in total. The van der Waals surface area contributed by atoms with Crippen LogP contribution in [0.15, 0.2) is 42.5 Å². The van der Waals surface area contributed by atoms with Crippen LogP contribution in [0.5, 0.6) is 22.4 Å². The third-order valence-corrected chi connectivity index (χ3v) is 6.28. The monoisotopic (exact) mass is 512 g/mol. The smallest absolute Gasteiger partial charge is 0.409 e. The van der Waals surface area contributed by atoms with Gasteiger partial charge in [0.05, 0.1) is 20.8 Å². The van der Waals surface area contributed by atoms with Crippen LogP contribution in [-0.4, -0.2) is 78.2 Å². The van der Waals surface area contributed by atoms with Gasteiger partial charge in [-0.3, -0.25) is 4.79 Å². The third kappa shape index (κ3) is 6.03. The van der Waals surface area contributed by atoms with Crippen molar-refractivity contribution in [2.45, 2.75) is 13.3 Å². The number of carbonyl (C=O) groups excluding carboxylic acids is 2. The Bertz CT molecular complexity index is 1210. The van der Waals surface area contributed by atoms with Crippen LogP contribution >= 0.6 is 11.5 Å². The molecule has 0 radical (unpaired) electrons. The van der Waals surface area contributed by atoms with Crippen LogP contribution in [0, 0.1) is 0 Å². The van der Waals surface area contributed by atoms with Crippen molar-refractivity contribution >= 4 is 23.5 Å². The highest BCUT2D eigenvalue weighted by Crippen LogP contribution is 2.34. The molecule has 4 rings (SSSR count). The Balaban J connectivity index is 1.43. The molecule has 3 aromatic rings. The summed E-state index contributed by atoms with van der Waals surface area (Å²) in [6.07, 6.45) is 0.178. The van der Waals surface area contributed by atoms with Crippen molar-refractivity contribution < 1.29 is 28.5 Å². The molecule has 10 nitrogen and oxygen atoms in total. The van der Waals surface area contributed by atoms with E-state index in [9.17, 15) is 9.59 Å². The average Bonchev–Trinajstić information content (AvgIpc) is 3.35. The predicted molar refractivity (Wildman–Crippen MR) is 133 cm³/mol. The second-order valence-corrected chi connectivity index (χ2v) is 8.67. The molecule has 0 atom stereocenters. The van der Waals surface area contributed by atoms with Gasteiger partial charge in [0, 0.05) is 49.7 Å². The van der Waals surface area contributed by atoms with Crippen molar-refractivity contribution in [2.24, 2.45) is 0 Å². The number of hydrogen-bond donors (Lipinski definition) is 0. The minimum absolute atomic E-state index is 0.151. The van der Waals surface area contributed by atoms with E-state index in [4.69, 9.17) is 18.9 Å². The molecule has 1 aliphatic rings. The van der Waals surface area contributed by atoms with Gasteiger partial charge in [-0.25, -0.2) is 4.79 Å². The normalized spacial score (nSPS) is 13.3. The maximum atomic E-state index is 13.1. The molecule has 0 spiro atoms. The summed E-state index contributed by atoms with van der Waals surface area (Å²) in [4.78, 5) is 32.8. The molecule has 1 aromatic heterocycles. The lowest BCUT2D eigenvalue weighted by Crippen LogP contribution is -2.50. The highest BCUT2D eigenvalue weighted by atomic mass is 32.1. The van der Waals surface area contributed by atoms with Crippen molar-refractivity contribution in [3.63, 3.8) is 0 Å². The summed E-state index contributed by atoms with van der Waals surface area (Å²) in [5.74, 6) is 2.09. The lowest BCUT2D eigenvalue weighted by molar-refractivity contribution is 0.0570. The molecule has 0 aliphatic carbocycles. The number of piperazine rings is 1. The van der Waals surface area contributed by atoms with Crippen LogP contribution in [0.25, 0.3) is 0 Å². The summed E-state index contributed by atoms with van der Waals surface area (Å²) in [5, 5.41) is 0.346. The average molecular weight is 513 g/mol. The maximum Gasteiger partial charge on any atom is 0.409 e. The summed E-state index contributed by atoms with van der Waals surface area (Å²) in [6, 6.07) is 12.7. The molecular weight excluding hydrogens is 484 g/mol. The summed E-state index contributed by atoms with van der Waals surface area (Å²) < 4.78 is 26.1. The van der Waals surface area contributed by atoms with E-state index >= 15 is 0 Å². The van der Waals surface area contributed by atoms with Crippen molar-refractivity contribution in [3.8, 4) is 22.4 Å². The number of ether oxygens (including phenoxy) is 4. The molecule has 0 saturated carbocycles. The van der Waals surface area contributed by atoms with Crippen molar-refractivity contribution in [1.82, 2.24) is 19.2 Å². The van der Waals surface area contributed by atoms with Gasteiger partial charge in [-0.1, -0.05) is 12.1 Å². The summed E-state index contributed by atoms with van der Waals surface area (Å²) in [5.41, 5.74) is 1.48. The van der Waals surface area contributed by atoms with Gasteiger partial charge < -0.3 is 28.7 Å². The SMILES string of the molecule is CCOC(=O)N1CCN(C(=O)c2ccc(OC)c(Oc3nc(Cc4cccc(OC)c4)ns3)c2)CC1. The van der Waals surface area contributed by atoms with Gasteiger partial charge in [-0.15, -0.1) is 0 Å². The number of benzene rings is 2. The van der Waals surface area contributed by atoms with Crippen LogP contribution in [0.4, 0.5) is 4.79 Å². The molecule has 36 heavy (non-hydrogen) atoms. The van der Waals surface area contributed by atoms with Crippen molar-refractivity contribution in [2.75, 3.05) is 47.0 Å². The molecular formula is C25H28N4O6S. The van der Waals surface area contributed by atoms with Crippen molar-refractivity contribution in [3.05, 3.63) is 59.4 Å². The number of hydrogen-bond acceptors (Lipinski definition) is 9. The van der Waals surface area contributed by atoms with E-state index < -0.39 is 0 Å². The molecule has 0 unspecified atom stereocenters. The Morgan fingerprint density at radius 2 is 1.75 bits per heavy atom. The van der Waals surface area contributed by atoms with E-state index in [0.29, 0.717) is 67.3 Å². The number of aromatic nitrogens is 2. The lowest BCUT2D eigenvalue weighted by Gasteiger charge is -2.34. The minimum Gasteiger partial charge on any atom is -0.497 e. The Labute approximate surface area is 213 Å². The lowest BCUT2D eigenvalue weighted by atomic mass is 10.1. The topological polar surface area (TPSA) is 103 Å². The van der Waals surface area contributed by atoms with Gasteiger partial charge >= 0.3 is 6.09 Å². The molecule has 1 aliphatic heterocycles. The zero-order chi connectivity index (χ0) is 25.5. The number of amides is 2. The molecule has 2 amide bonds. The van der Waals surface area contributed by atoms with E-state index in [2.05, 4.69) is 9.36 Å². The summed E-state index contributed by atoms with van der Waals surface area (Å²) >= 11 is 1.13. The van der Waals surface area contributed by atoms with Crippen LogP contribution in [0.1, 0.15) is 28.7 Å². The molecule has 2 aromatic carbocycles. The first-order valence-electron chi connectivity index (χ1n) is 11.5. The van der Waals surface area contributed by atoms with E-state index in [1.54, 1.807) is 42.0 Å². The molecule has 2 heterocycles. The molecule has 11 heteroatoms. The molecule has 1 saturated heterocycles. The van der Waals surface area contributed by atoms with Crippen LogP contribution in [0.3, 0.4) is 0 Å². The summed E-state index contributed by atoms with van der Waals surface area (Å²) in [6.45, 7) is 3.78. The fraction of sp³-hybridized carbons (Fsp3) is 0.360. The van der Waals surface area contributed by atoms with Gasteiger partial charge in [0.2, 0.25) is 0 Å². The van der Waals surface area contributed by atoms with Crippen molar-refractivity contribution in [1.29, 1.82) is 0 Å². The first-order valence-corrected chi connectivity index (χ1v) is 12.3. The minimum atomic E-state index is -0.354. The fourth-order valence-corrected chi connectivity index (χ4v) is 4.35. The second kappa shape index (κ2) is 11.7. The van der Waals surface area contributed by atoms with Crippen LogP contribution in [0.2, 0.25) is 0 Å². The fourth-order valence-electron chi connectivity index (χ4n) is 3.79. The largest absolute Gasteiger partial charge is 0.497 e. The number of carbonyl (C=O) groups is 2. The first kappa shape index (κ1) is 25.2. The zero-order valence-corrected chi connectivity index (χ0v) is 21.2. The van der Waals surface area contributed by atoms with E-state index in [1.165, 1.54) is 7.11 Å². The third-order valence-electron chi connectivity index (χ3n) is 5.65.